The summed E-state index contributed by atoms with van der Waals surface area (Å²) in [6.07, 6.45) is 3.44. The molecule has 5 rings (SSSR count). The summed E-state index contributed by atoms with van der Waals surface area (Å²) in [6, 6.07) is 11.0. The Morgan fingerprint density at radius 1 is 0.966 bits per heavy atom. The third-order valence-corrected chi connectivity index (χ3v) is 11.2. The Bertz CT molecular complexity index is 1940. The van der Waals surface area contributed by atoms with Crippen molar-refractivity contribution in [3.63, 3.8) is 0 Å². The smallest absolute Gasteiger partial charge is 0.349 e. The maximum atomic E-state index is 13.8. The van der Waals surface area contributed by atoms with Gasteiger partial charge in [0.15, 0.2) is 0 Å². The Hall–Kier alpha value is -5.29. The van der Waals surface area contributed by atoms with Crippen LogP contribution in [0, 0.1) is 13.8 Å². The summed E-state index contributed by atoms with van der Waals surface area (Å²) in [5.74, 6) is -2.99. The first-order chi connectivity index (χ1) is 27.7. The highest BCUT2D eigenvalue weighted by atomic mass is 32.2. The first kappa shape index (κ1) is 43.8. The van der Waals surface area contributed by atoms with Gasteiger partial charge in [-0.1, -0.05) is 54.4 Å². The highest BCUT2D eigenvalue weighted by Gasteiger charge is 2.55. The molecule has 16 nitrogen and oxygen atoms in total. The van der Waals surface area contributed by atoms with Crippen molar-refractivity contribution in [2.75, 3.05) is 13.7 Å². The van der Waals surface area contributed by atoms with Gasteiger partial charge in [0.25, 0.3) is 5.91 Å². The fourth-order valence-corrected chi connectivity index (χ4v) is 8.76. The van der Waals surface area contributed by atoms with Crippen LogP contribution in [0.15, 0.2) is 53.6 Å². The van der Waals surface area contributed by atoms with E-state index in [1.165, 1.54) is 39.0 Å². The molecule has 2 amide bonds. The number of hydrogen-bond acceptors (Lipinski definition) is 14. The second-order valence-electron chi connectivity index (χ2n) is 14.6. The number of esters is 4. The number of benzene rings is 2. The summed E-state index contributed by atoms with van der Waals surface area (Å²) in [6.45, 7) is 6.71. The molecule has 58 heavy (non-hydrogen) atoms. The third kappa shape index (κ3) is 11.7. The minimum atomic E-state index is -1.79. The largest absolute Gasteiger partial charge is 0.466 e. The molecule has 2 aliphatic rings. The Labute approximate surface area is 341 Å². The van der Waals surface area contributed by atoms with Crippen molar-refractivity contribution < 1.29 is 52.5 Å². The number of amides is 2. The zero-order valence-corrected chi connectivity index (χ0v) is 34.4. The molecule has 0 spiro atoms. The molecule has 0 bridgehead atoms. The molecular weight excluding hydrogens is 771 g/mol. The predicted octanol–water partition coefficient (Wildman–Crippen LogP) is 4.49. The Kier molecular flexibility index (Phi) is 15.0. The second-order valence-corrected chi connectivity index (χ2v) is 16.0. The summed E-state index contributed by atoms with van der Waals surface area (Å²) >= 11 is 1.05. The zero-order valence-electron chi connectivity index (χ0n) is 33.6. The molecule has 2 fully saturated rings. The lowest BCUT2D eigenvalue weighted by molar-refractivity contribution is -0.195. The second kappa shape index (κ2) is 19.9. The van der Waals surface area contributed by atoms with Crippen molar-refractivity contribution in [3.8, 4) is 5.75 Å². The Morgan fingerprint density at radius 3 is 2.28 bits per heavy atom. The van der Waals surface area contributed by atoms with E-state index in [-0.39, 0.29) is 37.4 Å². The number of ether oxygens (including phenoxy) is 5. The van der Waals surface area contributed by atoms with Gasteiger partial charge in [-0.2, -0.15) is 0 Å². The molecule has 1 aliphatic heterocycles. The summed E-state index contributed by atoms with van der Waals surface area (Å²) in [5, 5.41) is 14.3. The summed E-state index contributed by atoms with van der Waals surface area (Å²) < 4.78 is 30.2. The summed E-state index contributed by atoms with van der Waals surface area (Å²) in [7, 11) is 1.21. The highest BCUT2D eigenvalue weighted by molar-refractivity contribution is 8.01. The molecule has 1 saturated heterocycles. The molecule has 0 radical (unpaired) electrons. The topological polar surface area (TPSA) is 203 Å². The molecule has 3 aromatic rings. The molecule has 1 aliphatic carbocycles. The number of carbonyl (C=O) groups is 6. The van der Waals surface area contributed by atoms with E-state index < -0.39 is 65.0 Å². The van der Waals surface area contributed by atoms with E-state index in [4.69, 9.17) is 23.7 Å². The third-order valence-electron chi connectivity index (χ3n) is 9.95. The van der Waals surface area contributed by atoms with E-state index in [0.29, 0.717) is 21.8 Å². The normalized spacial score (nSPS) is 21.2. The monoisotopic (exact) mass is 821 g/mol. The first-order valence-corrected chi connectivity index (χ1v) is 20.1. The molecule has 2 aromatic carbocycles. The van der Waals surface area contributed by atoms with Gasteiger partial charge in [-0.15, -0.1) is 5.10 Å². The van der Waals surface area contributed by atoms with E-state index in [0.717, 1.165) is 43.1 Å². The lowest BCUT2D eigenvalue weighted by Gasteiger charge is -2.46. The van der Waals surface area contributed by atoms with Gasteiger partial charge in [0, 0.05) is 56.2 Å². The van der Waals surface area contributed by atoms with Crippen molar-refractivity contribution in [3.05, 3.63) is 71.0 Å². The average molecular weight is 822 g/mol. The zero-order chi connectivity index (χ0) is 42.0. The molecule has 312 valence electrons. The number of thioether (sulfide) groups is 1. The van der Waals surface area contributed by atoms with Gasteiger partial charge in [-0.05, 0) is 62.1 Å². The number of carbonyl (C=O) groups excluding carboxylic acids is 6. The summed E-state index contributed by atoms with van der Waals surface area (Å²) in [4.78, 5) is 76.6. The van der Waals surface area contributed by atoms with E-state index in [1.807, 2.05) is 6.07 Å². The molecule has 2 heterocycles. The molecule has 5 atom stereocenters. The number of nitrogens with one attached hydrogen (secondary N) is 2. The summed E-state index contributed by atoms with van der Waals surface area (Å²) in [5.41, 5.74) is 2.22. The van der Waals surface area contributed by atoms with Crippen molar-refractivity contribution >= 4 is 47.5 Å². The lowest BCUT2D eigenvalue weighted by Crippen LogP contribution is -2.64. The molecular formula is C41H51N5O11S. The van der Waals surface area contributed by atoms with Crippen LogP contribution in [0.3, 0.4) is 0 Å². The van der Waals surface area contributed by atoms with Crippen LogP contribution in [0.4, 0.5) is 0 Å². The van der Waals surface area contributed by atoms with Crippen LogP contribution in [0.1, 0.15) is 98.8 Å². The number of hydrogen-bond donors (Lipinski definition) is 2. The fourth-order valence-electron chi connectivity index (χ4n) is 7.50. The minimum Gasteiger partial charge on any atom is -0.466 e. The predicted molar refractivity (Wildman–Crippen MR) is 210 cm³/mol. The van der Waals surface area contributed by atoms with Crippen molar-refractivity contribution in [1.82, 2.24) is 25.6 Å². The molecule has 1 aromatic heterocycles. The first-order valence-electron chi connectivity index (χ1n) is 19.3. The van der Waals surface area contributed by atoms with Crippen LogP contribution in [0.2, 0.25) is 0 Å². The Morgan fingerprint density at radius 2 is 1.66 bits per heavy atom. The van der Waals surface area contributed by atoms with Crippen LogP contribution in [0.25, 0.3) is 0 Å². The van der Waals surface area contributed by atoms with E-state index in [9.17, 15) is 28.8 Å². The van der Waals surface area contributed by atoms with Crippen LogP contribution >= 0.6 is 11.8 Å². The van der Waals surface area contributed by atoms with Gasteiger partial charge in [-0.3, -0.25) is 24.0 Å². The van der Waals surface area contributed by atoms with Crippen LogP contribution < -0.4 is 15.4 Å². The number of methoxy groups -OCH3 is 1. The van der Waals surface area contributed by atoms with E-state index in [1.54, 1.807) is 56.4 Å². The van der Waals surface area contributed by atoms with Crippen molar-refractivity contribution in [2.24, 2.45) is 0 Å². The number of aryl methyl sites for hydroxylation is 2. The van der Waals surface area contributed by atoms with Crippen LogP contribution in [-0.4, -0.2) is 93.6 Å². The van der Waals surface area contributed by atoms with E-state index >= 15 is 0 Å². The van der Waals surface area contributed by atoms with Crippen LogP contribution in [-0.2, 0) is 49.5 Å². The Balaban J connectivity index is 1.44. The van der Waals surface area contributed by atoms with Gasteiger partial charge >= 0.3 is 23.9 Å². The minimum absolute atomic E-state index is 0.171. The maximum absolute atomic E-state index is 13.8. The van der Waals surface area contributed by atoms with Gasteiger partial charge < -0.3 is 34.3 Å². The number of aromatic nitrogens is 3. The fraction of sp³-hybridized carbons (Fsp3) is 0.512. The quantitative estimate of drug-likeness (QED) is 0.123. The highest BCUT2D eigenvalue weighted by Crippen LogP contribution is 2.45. The van der Waals surface area contributed by atoms with Crippen molar-refractivity contribution in [1.29, 1.82) is 0 Å². The molecule has 17 heteroatoms. The van der Waals surface area contributed by atoms with Gasteiger partial charge in [0.05, 0.1) is 31.5 Å². The van der Waals surface area contributed by atoms with Gasteiger partial charge in [0.1, 0.15) is 24.5 Å². The SMILES string of the molecule is COC(=O)C1(Sc2ccccc2)C[C@H](OC(C)=O)[C@@H](NC(=O)Cn2cc(C3CCCCC3)nn2)C(C[C@@H](CNC(=O)c2cc(C)c(OC(C)=O)c(C)c2)OC(C)=O)O1. The average Bonchev–Trinajstić information content (AvgIpc) is 3.64. The standard InChI is InChI=1S/C41H51N5O11S/c1-24-17-30(18-25(2)38(24)56-28(5)49)39(51)42-21-31(54-26(3)47)19-34-37(43-36(50)23-46-22-33(44-45-46)29-13-9-7-10-14-29)35(55-27(4)48)20-41(57-34,40(52)53-6)58-32-15-11-8-12-16-32/h8,11-12,15-18,22,29,31,34-35,37H,7,9-10,13-14,19-21,23H2,1-6H3,(H,42,51)(H,43,50)/t31-,34?,35-,37-,41?/m0/s1. The lowest BCUT2D eigenvalue weighted by atomic mass is 9.87. The maximum Gasteiger partial charge on any atom is 0.349 e. The molecule has 1 saturated carbocycles. The molecule has 2 N–H and O–H groups in total. The van der Waals surface area contributed by atoms with E-state index in [2.05, 4.69) is 20.9 Å². The van der Waals surface area contributed by atoms with Crippen LogP contribution in [0.5, 0.6) is 5.75 Å². The van der Waals surface area contributed by atoms with Gasteiger partial charge in [-0.25, -0.2) is 9.48 Å². The molecule has 2 unspecified atom stereocenters. The van der Waals surface area contributed by atoms with Gasteiger partial charge in [0.2, 0.25) is 10.8 Å². The van der Waals surface area contributed by atoms with Crippen molar-refractivity contribution in [2.45, 2.75) is 126 Å². The number of rotatable bonds is 15. The number of nitrogens with zero attached hydrogens (tertiary/aromatic N) is 3.